The molecule has 82 valence electrons. The van der Waals surface area contributed by atoms with Crippen LogP contribution in [0.3, 0.4) is 0 Å². The maximum absolute atomic E-state index is 12.7. The van der Waals surface area contributed by atoms with Gasteiger partial charge in [-0.15, -0.1) is 11.3 Å². The van der Waals surface area contributed by atoms with Crippen molar-refractivity contribution in [3.8, 4) is 10.4 Å². The lowest BCUT2D eigenvalue weighted by molar-refractivity contribution is 0.343. The minimum atomic E-state index is -0.222. The van der Waals surface area contributed by atoms with Crippen molar-refractivity contribution in [2.24, 2.45) is 0 Å². The Bertz CT molecular complexity index is 485. The fraction of sp³-hybridized carbons (Fsp3) is 0.0769. The van der Waals surface area contributed by atoms with Gasteiger partial charge in [0.1, 0.15) is 5.82 Å². The molecule has 0 aliphatic rings. The first kappa shape index (κ1) is 11.0. The third kappa shape index (κ3) is 2.56. The second kappa shape index (κ2) is 5.05. The van der Waals surface area contributed by atoms with Gasteiger partial charge in [0.2, 0.25) is 0 Å². The first-order chi connectivity index (χ1) is 7.79. The van der Waals surface area contributed by atoms with E-state index in [9.17, 15) is 4.39 Å². The normalized spacial score (nSPS) is 11.1. The lowest BCUT2D eigenvalue weighted by Crippen LogP contribution is -1.73. The lowest BCUT2D eigenvalue weighted by atomic mass is 10.2. The minimum Gasteiger partial charge on any atom is -0.392 e. The van der Waals surface area contributed by atoms with Gasteiger partial charge >= 0.3 is 0 Å². The highest BCUT2D eigenvalue weighted by atomic mass is 32.1. The van der Waals surface area contributed by atoms with Crippen LogP contribution in [-0.4, -0.2) is 11.7 Å². The van der Waals surface area contributed by atoms with Crippen LogP contribution in [0.5, 0.6) is 0 Å². The zero-order valence-corrected chi connectivity index (χ0v) is 9.38. The summed E-state index contributed by atoms with van der Waals surface area (Å²) in [5, 5.41) is 8.66. The van der Waals surface area contributed by atoms with Gasteiger partial charge in [-0.05, 0) is 35.9 Å². The number of rotatable bonds is 3. The standard InChI is InChI=1S/C13H11FOS/c14-11-5-3-10(4-6-11)13-8-7-12(16-13)2-1-9-15/h1-8,15H,9H2. The largest absolute Gasteiger partial charge is 0.392 e. The third-order valence-corrected chi connectivity index (χ3v) is 3.24. The molecule has 0 amide bonds. The van der Waals surface area contributed by atoms with E-state index in [1.54, 1.807) is 29.5 Å². The van der Waals surface area contributed by atoms with Crippen LogP contribution >= 0.6 is 11.3 Å². The van der Waals surface area contributed by atoms with E-state index >= 15 is 0 Å². The number of aliphatic hydroxyl groups excluding tert-OH is 1. The van der Waals surface area contributed by atoms with Crippen LogP contribution in [-0.2, 0) is 0 Å². The van der Waals surface area contributed by atoms with Crippen LogP contribution in [0.2, 0.25) is 0 Å². The summed E-state index contributed by atoms with van der Waals surface area (Å²) in [6.07, 6.45) is 3.57. The molecule has 1 aromatic heterocycles. The highest BCUT2D eigenvalue weighted by Crippen LogP contribution is 2.28. The number of thiophene rings is 1. The number of halogens is 1. The van der Waals surface area contributed by atoms with Gasteiger partial charge in [-0.3, -0.25) is 0 Å². The molecule has 2 aromatic rings. The summed E-state index contributed by atoms with van der Waals surface area (Å²) < 4.78 is 12.7. The Labute approximate surface area is 97.5 Å². The summed E-state index contributed by atoms with van der Waals surface area (Å²) in [4.78, 5) is 2.17. The Morgan fingerprint density at radius 3 is 2.56 bits per heavy atom. The van der Waals surface area contributed by atoms with Crippen LogP contribution in [0, 0.1) is 5.82 Å². The molecular weight excluding hydrogens is 223 g/mol. The van der Waals surface area contributed by atoms with Gasteiger partial charge in [-0.1, -0.05) is 18.2 Å². The van der Waals surface area contributed by atoms with E-state index in [4.69, 9.17) is 5.11 Å². The van der Waals surface area contributed by atoms with Crippen LogP contribution in [0.1, 0.15) is 4.88 Å². The zero-order chi connectivity index (χ0) is 11.4. The molecule has 1 aromatic carbocycles. The van der Waals surface area contributed by atoms with Gasteiger partial charge in [-0.2, -0.15) is 0 Å². The van der Waals surface area contributed by atoms with Crippen LogP contribution in [0.25, 0.3) is 16.5 Å². The summed E-state index contributed by atoms with van der Waals surface area (Å²) in [7, 11) is 0. The van der Waals surface area contributed by atoms with Gasteiger partial charge < -0.3 is 5.11 Å². The van der Waals surface area contributed by atoms with Crippen molar-refractivity contribution in [2.75, 3.05) is 6.61 Å². The minimum absolute atomic E-state index is 0.0454. The Balaban J connectivity index is 2.24. The second-order valence-electron chi connectivity index (χ2n) is 3.29. The molecule has 0 fully saturated rings. The van der Waals surface area contributed by atoms with Crippen LogP contribution in [0.4, 0.5) is 4.39 Å². The molecule has 1 heterocycles. The topological polar surface area (TPSA) is 20.2 Å². The highest BCUT2D eigenvalue weighted by Gasteiger charge is 2.01. The Kier molecular flexibility index (Phi) is 3.49. The molecule has 1 nitrogen and oxygen atoms in total. The molecule has 0 saturated carbocycles. The molecule has 0 bridgehead atoms. The number of aliphatic hydroxyl groups is 1. The molecular formula is C13H11FOS. The first-order valence-corrected chi connectivity index (χ1v) is 5.74. The molecule has 2 rings (SSSR count). The Morgan fingerprint density at radius 2 is 1.88 bits per heavy atom. The Morgan fingerprint density at radius 1 is 1.12 bits per heavy atom. The van der Waals surface area contributed by atoms with E-state index < -0.39 is 0 Å². The van der Waals surface area contributed by atoms with Gasteiger partial charge in [0.15, 0.2) is 0 Å². The number of hydrogen-bond donors (Lipinski definition) is 1. The fourth-order valence-electron chi connectivity index (χ4n) is 1.38. The van der Waals surface area contributed by atoms with Crippen molar-refractivity contribution in [3.63, 3.8) is 0 Å². The molecule has 0 unspecified atom stereocenters. The molecule has 0 aliphatic carbocycles. The van der Waals surface area contributed by atoms with E-state index in [0.717, 1.165) is 15.3 Å². The zero-order valence-electron chi connectivity index (χ0n) is 8.56. The number of benzene rings is 1. The molecule has 0 aliphatic heterocycles. The number of hydrogen-bond acceptors (Lipinski definition) is 2. The SMILES string of the molecule is OCC=Cc1ccc(-c2ccc(F)cc2)s1. The van der Waals surface area contributed by atoms with Crippen molar-refractivity contribution in [3.05, 3.63) is 53.2 Å². The van der Waals surface area contributed by atoms with E-state index in [2.05, 4.69) is 0 Å². The van der Waals surface area contributed by atoms with Crippen molar-refractivity contribution >= 4 is 17.4 Å². The van der Waals surface area contributed by atoms with E-state index in [1.165, 1.54) is 12.1 Å². The fourth-order valence-corrected chi connectivity index (χ4v) is 2.32. The molecule has 3 heteroatoms. The molecule has 0 saturated heterocycles. The van der Waals surface area contributed by atoms with Crippen molar-refractivity contribution in [1.29, 1.82) is 0 Å². The molecule has 0 spiro atoms. The van der Waals surface area contributed by atoms with Crippen LogP contribution < -0.4 is 0 Å². The molecule has 1 N–H and O–H groups in total. The quantitative estimate of drug-likeness (QED) is 0.861. The predicted molar refractivity (Wildman–Crippen MR) is 65.8 cm³/mol. The van der Waals surface area contributed by atoms with Gasteiger partial charge in [-0.25, -0.2) is 4.39 Å². The average Bonchev–Trinajstić information content (AvgIpc) is 2.76. The van der Waals surface area contributed by atoms with E-state index in [0.29, 0.717) is 0 Å². The van der Waals surface area contributed by atoms with Gasteiger partial charge in [0.25, 0.3) is 0 Å². The first-order valence-electron chi connectivity index (χ1n) is 4.93. The van der Waals surface area contributed by atoms with Crippen LogP contribution in [0.15, 0.2) is 42.5 Å². The van der Waals surface area contributed by atoms with Crippen molar-refractivity contribution in [1.82, 2.24) is 0 Å². The average molecular weight is 234 g/mol. The molecule has 0 atom stereocenters. The smallest absolute Gasteiger partial charge is 0.123 e. The van der Waals surface area contributed by atoms with E-state index in [-0.39, 0.29) is 12.4 Å². The Hall–Kier alpha value is -1.45. The monoisotopic (exact) mass is 234 g/mol. The van der Waals surface area contributed by atoms with Gasteiger partial charge in [0.05, 0.1) is 6.61 Å². The summed E-state index contributed by atoms with van der Waals surface area (Å²) >= 11 is 1.61. The molecule has 16 heavy (non-hydrogen) atoms. The van der Waals surface area contributed by atoms with E-state index in [1.807, 2.05) is 18.2 Å². The van der Waals surface area contributed by atoms with Crippen molar-refractivity contribution < 1.29 is 9.50 Å². The maximum atomic E-state index is 12.7. The third-order valence-electron chi connectivity index (χ3n) is 2.14. The predicted octanol–water partition coefficient (Wildman–Crippen LogP) is 3.56. The highest BCUT2D eigenvalue weighted by molar-refractivity contribution is 7.16. The summed E-state index contributed by atoms with van der Waals surface area (Å²) in [5.41, 5.74) is 1.01. The summed E-state index contributed by atoms with van der Waals surface area (Å²) in [6.45, 7) is 0.0454. The second-order valence-corrected chi connectivity index (χ2v) is 4.41. The molecule has 0 radical (unpaired) electrons. The summed E-state index contributed by atoms with van der Waals surface area (Å²) in [5.74, 6) is -0.222. The lowest BCUT2D eigenvalue weighted by Gasteiger charge is -1.95. The van der Waals surface area contributed by atoms with Gasteiger partial charge in [0, 0.05) is 9.75 Å². The summed E-state index contributed by atoms with van der Waals surface area (Å²) in [6, 6.07) is 10.4. The maximum Gasteiger partial charge on any atom is 0.123 e. The van der Waals surface area contributed by atoms with Crippen molar-refractivity contribution in [2.45, 2.75) is 0 Å².